The molecule has 0 saturated heterocycles. The fourth-order valence-electron chi connectivity index (χ4n) is 3.45. The molecule has 0 radical (unpaired) electrons. The summed E-state index contributed by atoms with van der Waals surface area (Å²) in [6.07, 6.45) is 10.2. The van der Waals surface area contributed by atoms with Gasteiger partial charge in [-0.2, -0.15) is 0 Å². The number of pyridine rings is 3. The van der Waals surface area contributed by atoms with Crippen molar-refractivity contribution in [3.63, 3.8) is 0 Å². The molecule has 0 aliphatic heterocycles. The number of hydrogen-bond donors (Lipinski definition) is 0. The Labute approximate surface area is 164 Å². The molecule has 3 aromatic heterocycles. The van der Waals surface area contributed by atoms with Crippen LogP contribution in [0.2, 0.25) is 0 Å². The van der Waals surface area contributed by atoms with Gasteiger partial charge in [-0.25, -0.2) is 4.98 Å². The SMILES string of the molecule is COc1ccc(-c2ccccc2CC(c2cccnc2)c2cccnc2)cn1. The highest BCUT2D eigenvalue weighted by molar-refractivity contribution is 5.67. The molecule has 0 N–H and O–H groups in total. The standard InChI is InChI=1S/C24H21N3O/c1-28-24-11-10-21(17-27-24)22-9-3-2-6-18(22)14-23(19-7-4-12-25-15-19)20-8-5-13-26-16-20/h2-13,15-17,23H,14H2,1H3. The largest absolute Gasteiger partial charge is 0.481 e. The minimum Gasteiger partial charge on any atom is -0.481 e. The van der Waals surface area contributed by atoms with E-state index in [1.165, 1.54) is 22.3 Å². The monoisotopic (exact) mass is 367 g/mol. The smallest absolute Gasteiger partial charge is 0.212 e. The second-order valence-corrected chi connectivity index (χ2v) is 6.58. The lowest BCUT2D eigenvalue weighted by Gasteiger charge is -2.19. The maximum Gasteiger partial charge on any atom is 0.212 e. The Bertz CT molecular complexity index is 979. The van der Waals surface area contributed by atoms with Crippen LogP contribution >= 0.6 is 0 Å². The first-order valence-electron chi connectivity index (χ1n) is 9.23. The van der Waals surface area contributed by atoms with Gasteiger partial charge in [-0.05, 0) is 46.9 Å². The summed E-state index contributed by atoms with van der Waals surface area (Å²) in [6.45, 7) is 0. The predicted molar refractivity (Wildman–Crippen MR) is 110 cm³/mol. The van der Waals surface area contributed by atoms with Crippen LogP contribution in [0, 0.1) is 0 Å². The molecule has 28 heavy (non-hydrogen) atoms. The zero-order chi connectivity index (χ0) is 19.2. The second-order valence-electron chi connectivity index (χ2n) is 6.58. The van der Waals surface area contributed by atoms with Crippen LogP contribution in [0.4, 0.5) is 0 Å². The molecule has 0 aliphatic carbocycles. The average molecular weight is 367 g/mol. The quantitative estimate of drug-likeness (QED) is 0.485. The van der Waals surface area contributed by atoms with Crippen LogP contribution < -0.4 is 4.74 Å². The molecular weight excluding hydrogens is 346 g/mol. The Kier molecular flexibility index (Phi) is 5.38. The Morgan fingerprint density at radius 1 is 0.786 bits per heavy atom. The molecule has 4 aromatic rings. The zero-order valence-corrected chi connectivity index (χ0v) is 15.7. The summed E-state index contributed by atoms with van der Waals surface area (Å²) in [5.41, 5.74) is 5.87. The van der Waals surface area contributed by atoms with E-state index in [4.69, 9.17) is 4.74 Å². The second kappa shape index (κ2) is 8.44. The third-order valence-electron chi connectivity index (χ3n) is 4.87. The number of hydrogen-bond acceptors (Lipinski definition) is 4. The molecule has 3 heterocycles. The van der Waals surface area contributed by atoms with Crippen molar-refractivity contribution in [1.29, 1.82) is 0 Å². The van der Waals surface area contributed by atoms with Crippen molar-refractivity contribution >= 4 is 0 Å². The van der Waals surface area contributed by atoms with Crippen molar-refractivity contribution in [1.82, 2.24) is 15.0 Å². The molecule has 0 aliphatic rings. The van der Waals surface area contributed by atoms with Gasteiger partial charge < -0.3 is 4.74 Å². The maximum absolute atomic E-state index is 5.19. The summed E-state index contributed by atoms with van der Waals surface area (Å²) in [4.78, 5) is 13.0. The van der Waals surface area contributed by atoms with Crippen LogP contribution in [0.5, 0.6) is 5.88 Å². The van der Waals surface area contributed by atoms with E-state index < -0.39 is 0 Å². The number of aromatic nitrogens is 3. The Morgan fingerprint density at radius 2 is 1.50 bits per heavy atom. The minimum absolute atomic E-state index is 0.176. The molecular formula is C24H21N3O. The van der Waals surface area contributed by atoms with E-state index in [-0.39, 0.29) is 5.92 Å². The molecule has 0 amide bonds. The number of methoxy groups -OCH3 is 1. The summed E-state index contributed by atoms with van der Waals surface area (Å²) in [5.74, 6) is 0.791. The van der Waals surface area contributed by atoms with E-state index in [2.05, 4.69) is 51.4 Å². The number of ether oxygens (including phenoxy) is 1. The van der Waals surface area contributed by atoms with Crippen LogP contribution in [-0.4, -0.2) is 22.1 Å². The molecule has 4 heteroatoms. The normalized spacial score (nSPS) is 10.8. The first-order valence-corrected chi connectivity index (χ1v) is 9.23. The molecule has 1 aromatic carbocycles. The fourth-order valence-corrected chi connectivity index (χ4v) is 3.45. The fraction of sp³-hybridized carbons (Fsp3) is 0.125. The van der Waals surface area contributed by atoms with Crippen LogP contribution in [0.3, 0.4) is 0 Å². The first kappa shape index (κ1) is 17.9. The third-order valence-corrected chi connectivity index (χ3v) is 4.87. The highest BCUT2D eigenvalue weighted by atomic mass is 16.5. The van der Waals surface area contributed by atoms with Gasteiger partial charge in [0, 0.05) is 48.5 Å². The van der Waals surface area contributed by atoms with Gasteiger partial charge in [0.1, 0.15) is 0 Å². The van der Waals surface area contributed by atoms with Crippen molar-refractivity contribution in [3.8, 4) is 17.0 Å². The average Bonchev–Trinajstić information content (AvgIpc) is 2.79. The van der Waals surface area contributed by atoms with Gasteiger partial charge >= 0.3 is 0 Å². The van der Waals surface area contributed by atoms with Crippen LogP contribution in [0.15, 0.2) is 91.6 Å². The highest BCUT2D eigenvalue weighted by Crippen LogP contribution is 2.32. The third kappa shape index (κ3) is 3.91. The molecule has 0 spiro atoms. The summed E-state index contributed by atoms with van der Waals surface area (Å²) < 4.78 is 5.19. The van der Waals surface area contributed by atoms with Crippen LogP contribution in [-0.2, 0) is 6.42 Å². The number of benzene rings is 1. The lowest BCUT2D eigenvalue weighted by molar-refractivity contribution is 0.398. The van der Waals surface area contributed by atoms with Crippen molar-refractivity contribution in [2.75, 3.05) is 7.11 Å². The van der Waals surface area contributed by atoms with Crippen LogP contribution in [0.1, 0.15) is 22.6 Å². The van der Waals surface area contributed by atoms with E-state index in [0.717, 1.165) is 12.0 Å². The lowest BCUT2D eigenvalue weighted by atomic mass is 9.85. The highest BCUT2D eigenvalue weighted by Gasteiger charge is 2.17. The molecule has 0 atom stereocenters. The van der Waals surface area contributed by atoms with Crippen molar-refractivity contribution in [3.05, 3.63) is 108 Å². The van der Waals surface area contributed by atoms with Gasteiger partial charge in [0.25, 0.3) is 0 Å². The van der Waals surface area contributed by atoms with E-state index in [0.29, 0.717) is 5.88 Å². The molecule has 0 fully saturated rings. The van der Waals surface area contributed by atoms with E-state index >= 15 is 0 Å². The van der Waals surface area contributed by atoms with E-state index in [9.17, 15) is 0 Å². The topological polar surface area (TPSA) is 47.9 Å². The molecule has 4 nitrogen and oxygen atoms in total. The van der Waals surface area contributed by atoms with Gasteiger partial charge in [-0.1, -0.05) is 36.4 Å². The lowest BCUT2D eigenvalue weighted by Crippen LogP contribution is -2.07. The molecule has 0 saturated carbocycles. The van der Waals surface area contributed by atoms with Crippen molar-refractivity contribution in [2.45, 2.75) is 12.3 Å². The predicted octanol–water partition coefficient (Wildman–Crippen LogP) is 4.92. The first-order chi connectivity index (χ1) is 13.8. The molecule has 138 valence electrons. The molecule has 0 bridgehead atoms. The van der Waals surface area contributed by atoms with Gasteiger partial charge in [0.2, 0.25) is 5.88 Å². The Balaban J connectivity index is 1.73. The van der Waals surface area contributed by atoms with Gasteiger partial charge in [-0.3, -0.25) is 9.97 Å². The summed E-state index contributed by atoms with van der Waals surface area (Å²) >= 11 is 0. The van der Waals surface area contributed by atoms with Crippen molar-refractivity contribution < 1.29 is 4.74 Å². The summed E-state index contributed by atoms with van der Waals surface area (Å²) in [7, 11) is 1.63. The summed E-state index contributed by atoms with van der Waals surface area (Å²) in [5, 5.41) is 0. The van der Waals surface area contributed by atoms with Gasteiger partial charge in [0.15, 0.2) is 0 Å². The zero-order valence-electron chi connectivity index (χ0n) is 15.7. The molecule has 0 unspecified atom stereocenters. The molecule has 4 rings (SSSR count). The van der Waals surface area contributed by atoms with Crippen molar-refractivity contribution in [2.24, 2.45) is 0 Å². The van der Waals surface area contributed by atoms with Crippen LogP contribution in [0.25, 0.3) is 11.1 Å². The van der Waals surface area contributed by atoms with E-state index in [1.54, 1.807) is 19.5 Å². The van der Waals surface area contributed by atoms with Gasteiger partial charge in [-0.15, -0.1) is 0 Å². The number of nitrogens with zero attached hydrogens (tertiary/aromatic N) is 3. The Hall–Kier alpha value is -3.53. The summed E-state index contributed by atoms with van der Waals surface area (Å²) in [6, 6.07) is 20.6. The maximum atomic E-state index is 5.19. The Morgan fingerprint density at radius 3 is 2.07 bits per heavy atom. The minimum atomic E-state index is 0.176. The number of rotatable bonds is 6. The van der Waals surface area contributed by atoms with E-state index in [1.807, 2.05) is 42.9 Å². The van der Waals surface area contributed by atoms with Gasteiger partial charge in [0.05, 0.1) is 7.11 Å².